The van der Waals surface area contributed by atoms with Crippen molar-refractivity contribution in [2.24, 2.45) is 22.7 Å². The van der Waals surface area contributed by atoms with Crippen molar-refractivity contribution >= 4 is 11.6 Å². The number of aliphatic hydroxyl groups is 2. The molecule has 0 aromatic heterocycles. The number of aliphatic hydroxyl groups excluding tert-OH is 2. The van der Waals surface area contributed by atoms with Crippen LogP contribution in [0.4, 0.5) is 4.39 Å². The highest BCUT2D eigenvalue weighted by Gasteiger charge is 2.78. The van der Waals surface area contributed by atoms with E-state index in [-0.39, 0.29) is 29.8 Å². The highest BCUT2D eigenvalue weighted by atomic mass is 19.1. The fourth-order valence-corrected chi connectivity index (χ4v) is 7.81. The molecule has 4 aliphatic carbocycles. The first-order valence-electron chi connectivity index (χ1n) is 12.5. The van der Waals surface area contributed by atoms with E-state index in [4.69, 9.17) is 14.6 Å². The van der Waals surface area contributed by atoms with Crippen LogP contribution >= 0.6 is 0 Å². The summed E-state index contributed by atoms with van der Waals surface area (Å²) in [5.74, 6) is -1.72. The number of allylic oxidation sites excluding steroid dienone is 4. The summed E-state index contributed by atoms with van der Waals surface area (Å²) in [5.41, 5.74) is -3.27. The van der Waals surface area contributed by atoms with E-state index in [0.717, 1.165) is 12.7 Å². The minimum absolute atomic E-state index is 0.0721. The Bertz CT molecular complexity index is 896. The fraction of sp³-hybridized carbons (Fsp3) is 0.778. The van der Waals surface area contributed by atoms with Gasteiger partial charge in [-0.2, -0.15) is 0 Å². The van der Waals surface area contributed by atoms with Gasteiger partial charge in [-0.05, 0) is 76.9 Å². The third kappa shape index (κ3) is 3.34. The number of carbonyl (C=O) groups excluding carboxylic acids is 2. The van der Waals surface area contributed by atoms with Crippen molar-refractivity contribution in [2.75, 3.05) is 13.7 Å². The van der Waals surface area contributed by atoms with Gasteiger partial charge in [0.2, 0.25) is 0 Å². The van der Waals surface area contributed by atoms with E-state index < -0.39 is 40.6 Å². The van der Waals surface area contributed by atoms with E-state index in [1.807, 2.05) is 27.7 Å². The molecular weight excluding hydrogens is 439 g/mol. The molecule has 0 bridgehead atoms. The number of alkyl halides is 1. The van der Waals surface area contributed by atoms with Crippen LogP contribution in [-0.4, -0.2) is 58.7 Å². The molecule has 0 aromatic rings. The molecule has 0 spiro atoms. The molecule has 5 rings (SSSR count). The monoisotopic (exact) mass is 480 g/mol. The zero-order valence-corrected chi connectivity index (χ0v) is 21.6. The Hall–Kier alpha value is -1.41. The summed E-state index contributed by atoms with van der Waals surface area (Å²) >= 11 is 0. The molecule has 1 heterocycles. The number of rotatable bonds is 2. The predicted molar refractivity (Wildman–Crippen MR) is 127 cm³/mol. The summed E-state index contributed by atoms with van der Waals surface area (Å²) in [7, 11) is 1.00. The standard InChI is InChI=1S/C24H31FO5.C2H6.CH4O/c1-20(2)29-19-12-17-16-6-5-14-11-15(27)7-8-21(14,3)23(16,25)10-9-22(17,4)24(19,30-20)18(28)13-26;2*1-2/h7-8,11,16-17,19,26H,5-6,9-10,12-13H2,1-4H3;1-2H3;2H,1H3. The van der Waals surface area contributed by atoms with Crippen molar-refractivity contribution in [3.8, 4) is 0 Å². The zero-order chi connectivity index (χ0) is 25.7. The predicted octanol–water partition coefficient (Wildman–Crippen LogP) is 4.08. The van der Waals surface area contributed by atoms with Gasteiger partial charge in [-0.15, -0.1) is 0 Å². The van der Waals surface area contributed by atoms with Crippen LogP contribution in [0.1, 0.15) is 73.6 Å². The molecule has 2 N–H and O–H groups in total. The first kappa shape index (κ1) is 27.2. The number of fused-ring (bicyclic) bond motifs is 7. The van der Waals surface area contributed by atoms with Crippen LogP contribution < -0.4 is 0 Å². The number of hydrogen-bond donors (Lipinski definition) is 2. The van der Waals surface area contributed by atoms with Crippen LogP contribution in [0, 0.1) is 22.7 Å². The Balaban J connectivity index is 0.000000771. The number of carbonyl (C=O) groups is 2. The number of hydrogen-bond acceptors (Lipinski definition) is 6. The molecule has 34 heavy (non-hydrogen) atoms. The van der Waals surface area contributed by atoms with E-state index in [2.05, 4.69) is 0 Å². The van der Waals surface area contributed by atoms with Crippen LogP contribution in [0.5, 0.6) is 0 Å². The van der Waals surface area contributed by atoms with Crippen molar-refractivity contribution in [1.82, 2.24) is 0 Å². The van der Waals surface area contributed by atoms with E-state index in [1.165, 1.54) is 6.08 Å². The molecule has 4 fully saturated rings. The van der Waals surface area contributed by atoms with Crippen molar-refractivity contribution < 1.29 is 33.7 Å². The molecule has 7 atom stereocenters. The van der Waals surface area contributed by atoms with Gasteiger partial charge in [-0.1, -0.05) is 32.4 Å². The molecule has 0 amide bonds. The molecule has 6 nitrogen and oxygen atoms in total. The SMILES string of the molecule is CC.CC1(C)OC2CC3C4CCC5=CC(=O)C=CC5(C)C4(F)CCC3(C)C2(C(=O)CO)O1.CO. The lowest BCUT2D eigenvalue weighted by atomic mass is 9.45. The lowest BCUT2D eigenvalue weighted by Gasteiger charge is -2.61. The third-order valence-electron chi connectivity index (χ3n) is 9.21. The van der Waals surface area contributed by atoms with Gasteiger partial charge in [0.25, 0.3) is 0 Å². The number of Topliss-reactive ketones (excluding diaryl/α,β-unsaturated/α-hetero) is 1. The van der Waals surface area contributed by atoms with Gasteiger partial charge in [-0.25, -0.2) is 4.39 Å². The molecule has 1 saturated heterocycles. The van der Waals surface area contributed by atoms with Gasteiger partial charge in [-0.3, -0.25) is 9.59 Å². The maximum Gasteiger partial charge on any atom is 0.193 e. The Morgan fingerprint density at radius 2 is 1.79 bits per heavy atom. The Morgan fingerprint density at radius 3 is 2.41 bits per heavy atom. The van der Waals surface area contributed by atoms with Crippen molar-refractivity contribution in [3.05, 3.63) is 23.8 Å². The topological polar surface area (TPSA) is 93.1 Å². The average Bonchev–Trinajstić information content (AvgIpc) is 3.23. The van der Waals surface area contributed by atoms with E-state index in [9.17, 15) is 14.7 Å². The van der Waals surface area contributed by atoms with Crippen LogP contribution in [-0.2, 0) is 19.1 Å². The molecular formula is C27H41FO6. The summed E-state index contributed by atoms with van der Waals surface area (Å²) in [5, 5.41) is 16.8. The highest BCUT2D eigenvalue weighted by Crippen LogP contribution is 2.72. The quantitative estimate of drug-likeness (QED) is 0.619. The fourth-order valence-electron chi connectivity index (χ4n) is 7.81. The second kappa shape index (κ2) is 8.91. The first-order valence-corrected chi connectivity index (χ1v) is 12.5. The molecule has 0 aromatic carbocycles. The second-order valence-corrected chi connectivity index (χ2v) is 10.8. The largest absolute Gasteiger partial charge is 0.400 e. The second-order valence-electron chi connectivity index (χ2n) is 10.8. The molecule has 7 unspecified atom stereocenters. The third-order valence-corrected chi connectivity index (χ3v) is 9.21. The molecule has 1 aliphatic heterocycles. The summed E-state index contributed by atoms with van der Waals surface area (Å²) < 4.78 is 29.5. The number of ether oxygens (including phenoxy) is 2. The number of ketones is 2. The van der Waals surface area contributed by atoms with Crippen LogP contribution in [0.2, 0.25) is 0 Å². The molecule has 192 valence electrons. The lowest BCUT2D eigenvalue weighted by Crippen LogP contribution is -2.65. The normalized spacial score (nSPS) is 45.3. The van der Waals surface area contributed by atoms with Crippen LogP contribution in [0.3, 0.4) is 0 Å². The van der Waals surface area contributed by atoms with Crippen LogP contribution in [0.15, 0.2) is 23.8 Å². The van der Waals surface area contributed by atoms with Gasteiger partial charge in [0.1, 0.15) is 12.3 Å². The minimum atomic E-state index is -1.49. The maximum absolute atomic E-state index is 17.0. The number of halogens is 1. The molecule has 3 saturated carbocycles. The molecule has 7 heteroatoms. The van der Waals surface area contributed by atoms with Gasteiger partial charge in [0.15, 0.2) is 23.0 Å². The zero-order valence-electron chi connectivity index (χ0n) is 21.6. The Kier molecular flexibility index (Phi) is 7.13. The van der Waals surface area contributed by atoms with Crippen molar-refractivity contribution in [2.45, 2.75) is 96.8 Å². The van der Waals surface area contributed by atoms with E-state index >= 15 is 4.39 Å². The van der Waals surface area contributed by atoms with Gasteiger partial charge >= 0.3 is 0 Å². The Labute approximate surface area is 202 Å². The lowest BCUT2D eigenvalue weighted by molar-refractivity contribution is -0.224. The van der Waals surface area contributed by atoms with E-state index in [1.54, 1.807) is 26.0 Å². The van der Waals surface area contributed by atoms with Crippen molar-refractivity contribution in [3.63, 3.8) is 0 Å². The first-order chi connectivity index (χ1) is 15.9. The summed E-state index contributed by atoms with van der Waals surface area (Å²) in [6.07, 6.45) is 6.99. The summed E-state index contributed by atoms with van der Waals surface area (Å²) in [4.78, 5) is 25.0. The average molecular weight is 481 g/mol. The highest BCUT2D eigenvalue weighted by molar-refractivity contribution is 6.01. The molecule has 5 aliphatic rings. The summed E-state index contributed by atoms with van der Waals surface area (Å²) in [6, 6.07) is 0. The maximum atomic E-state index is 17.0. The van der Waals surface area contributed by atoms with Crippen LogP contribution in [0.25, 0.3) is 0 Å². The smallest absolute Gasteiger partial charge is 0.193 e. The van der Waals surface area contributed by atoms with E-state index in [0.29, 0.717) is 25.7 Å². The van der Waals surface area contributed by atoms with Gasteiger partial charge in [0.05, 0.1) is 6.10 Å². The minimum Gasteiger partial charge on any atom is -0.400 e. The van der Waals surface area contributed by atoms with Gasteiger partial charge in [0, 0.05) is 17.9 Å². The Morgan fingerprint density at radius 1 is 1.15 bits per heavy atom. The summed E-state index contributed by atoms with van der Waals surface area (Å²) in [6.45, 7) is 10.9. The van der Waals surface area contributed by atoms with Gasteiger partial charge < -0.3 is 19.7 Å². The van der Waals surface area contributed by atoms with Crippen molar-refractivity contribution in [1.29, 1.82) is 0 Å². The molecule has 0 radical (unpaired) electrons.